The molecule has 0 radical (unpaired) electrons. The molecule has 4 nitrogen and oxygen atoms in total. The van der Waals surface area contributed by atoms with Crippen molar-refractivity contribution in [2.75, 3.05) is 26.2 Å². The fourth-order valence-corrected chi connectivity index (χ4v) is 10.6. The molecule has 1 spiro atoms. The smallest absolute Gasteiger partial charge is 0.178 e. The summed E-state index contributed by atoms with van der Waals surface area (Å²) in [4.78, 5) is 1.05. The molecule has 2 aliphatic carbocycles. The fourth-order valence-electron chi connectivity index (χ4n) is 10.0. The van der Waals surface area contributed by atoms with Gasteiger partial charge in [-0.3, -0.25) is 0 Å². The summed E-state index contributed by atoms with van der Waals surface area (Å²) in [5.74, 6) is 2.52. The van der Waals surface area contributed by atoms with Crippen molar-refractivity contribution in [3.05, 3.63) is 119 Å². The van der Waals surface area contributed by atoms with Gasteiger partial charge in [0.2, 0.25) is 0 Å². The van der Waals surface area contributed by atoms with Gasteiger partial charge in [0.05, 0.1) is 14.2 Å². The van der Waals surface area contributed by atoms with Crippen molar-refractivity contribution in [1.82, 2.24) is 0 Å². The monoisotopic (exact) mass is 667 g/mol. The summed E-state index contributed by atoms with van der Waals surface area (Å²) in [6.07, 6.45) is 10.0. The highest BCUT2D eigenvalue weighted by molar-refractivity contribution is 7.98. The fraction of sp³-hybridized carbons (Fsp3) is 0.318. The number of nitrogens with two attached hydrogens (primary N) is 1. The van der Waals surface area contributed by atoms with E-state index in [0.29, 0.717) is 0 Å². The molecule has 8 rings (SSSR count). The standard InChI is InChI=1S/C44H45NO3S/c1-41(2)24-42(3,4)26-43(25-41)35-11-9-8-10-31(35)38-33-22-36(45)37(49-7)23-34(33)40-32(39(38)43)20-21-44(48-40,27-12-16-29(46-5)17-13-27)28-14-18-30(47-6)19-15-28/h8-23H,24-26,45H2,1-7H3. The predicted molar refractivity (Wildman–Crippen MR) is 204 cm³/mol. The molecule has 5 heteroatoms. The molecule has 5 aromatic carbocycles. The lowest BCUT2D eigenvalue weighted by Gasteiger charge is -2.52. The van der Waals surface area contributed by atoms with Crippen LogP contribution in [0.5, 0.6) is 17.2 Å². The van der Waals surface area contributed by atoms with Crippen LogP contribution in [0.2, 0.25) is 0 Å². The van der Waals surface area contributed by atoms with Gasteiger partial charge in [0.1, 0.15) is 17.2 Å². The molecule has 1 fully saturated rings. The van der Waals surface area contributed by atoms with Crippen molar-refractivity contribution in [1.29, 1.82) is 0 Å². The number of methoxy groups -OCH3 is 2. The molecule has 1 saturated carbocycles. The van der Waals surface area contributed by atoms with Gasteiger partial charge < -0.3 is 19.9 Å². The van der Waals surface area contributed by atoms with Crippen LogP contribution in [0, 0.1) is 10.8 Å². The summed E-state index contributed by atoms with van der Waals surface area (Å²) in [5.41, 5.74) is 15.6. The van der Waals surface area contributed by atoms with E-state index in [1.807, 2.05) is 24.3 Å². The maximum Gasteiger partial charge on any atom is 0.178 e. The normalized spacial score (nSPS) is 18.8. The average molecular weight is 668 g/mol. The minimum atomic E-state index is -0.892. The molecule has 2 N–H and O–H groups in total. The number of rotatable bonds is 5. The first-order valence-corrected chi connectivity index (χ1v) is 18.4. The van der Waals surface area contributed by atoms with Crippen LogP contribution in [-0.4, -0.2) is 20.5 Å². The maximum atomic E-state index is 7.63. The molecule has 250 valence electrons. The highest BCUT2D eigenvalue weighted by Crippen LogP contribution is 2.67. The molecule has 0 unspecified atom stereocenters. The summed E-state index contributed by atoms with van der Waals surface area (Å²) >= 11 is 1.68. The van der Waals surface area contributed by atoms with Crippen LogP contribution in [0.15, 0.2) is 95.9 Å². The van der Waals surface area contributed by atoms with E-state index in [1.54, 1.807) is 26.0 Å². The average Bonchev–Trinajstić information content (AvgIpc) is 3.35. The van der Waals surface area contributed by atoms with E-state index < -0.39 is 5.60 Å². The molecule has 0 saturated heterocycles. The topological polar surface area (TPSA) is 53.7 Å². The first kappa shape index (κ1) is 31.9. The lowest BCUT2D eigenvalue weighted by Crippen LogP contribution is -2.44. The zero-order valence-corrected chi connectivity index (χ0v) is 30.4. The molecule has 1 aliphatic heterocycles. The van der Waals surface area contributed by atoms with Crippen molar-refractivity contribution >= 4 is 34.3 Å². The Morgan fingerprint density at radius 1 is 0.735 bits per heavy atom. The Kier molecular flexibility index (Phi) is 7.21. The molecule has 3 aliphatic rings. The summed E-state index contributed by atoms with van der Waals surface area (Å²) in [7, 11) is 3.40. The highest BCUT2D eigenvalue weighted by Gasteiger charge is 2.55. The number of hydrogen-bond acceptors (Lipinski definition) is 5. The van der Waals surface area contributed by atoms with Gasteiger partial charge in [-0.15, -0.1) is 11.8 Å². The second-order valence-corrected chi connectivity index (χ2v) is 16.6. The zero-order chi connectivity index (χ0) is 34.3. The quantitative estimate of drug-likeness (QED) is 0.149. The van der Waals surface area contributed by atoms with Crippen LogP contribution in [0.25, 0.3) is 28.0 Å². The van der Waals surface area contributed by atoms with Gasteiger partial charge in [-0.25, -0.2) is 0 Å². The van der Waals surface area contributed by atoms with Crippen molar-refractivity contribution in [2.24, 2.45) is 10.8 Å². The third-order valence-electron chi connectivity index (χ3n) is 11.1. The summed E-state index contributed by atoms with van der Waals surface area (Å²) < 4.78 is 18.8. The van der Waals surface area contributed by atoms with Crippen molar-refractivity contribution in [3.63, 3.8) is 0 Å². The molecule has 0 bridgehead atoms. The second kappa shape index (κ2) is 11.1. The van der Waals surface area contributed by atoms with Crippen molar-refractivity contribution in [3.8, 4) is 28.4 Å². The molecule has 5 aromatic rings. The minimum Gasteiger partial charge on any atom is -0.497 e. The molecule has 49 heavy (non-hydrogen) atoms. The zero-order valence-electron chi connectivity index (χ0n) is 29.6. The number of hydrogen-bond donors (Lipinski definition) is 1. The maximum absolute atomic E-state index is 7.63. The Bertz CT molecular complexity index is 2080. The molecule has 0 amide bonds. The minimum absolute atomic E-state index is 0.148. The molecule has 1 heterocycles. The lowest BCUT2D eigenvalue weighted by molar-refractivity contribution is 0.0642. The van der Waals surface area contributed by atoms with Gasteiger partial charge in [0.15, 0.2) is 5.60 Å². The van der Waals surface area contributed by atoms with E-state index in [4.69, 9.17) is 19.9 Å². The Morgan fingerprint density at radius 3 is 1.90 bits per heavy atom. The van der Waals surface area contributed by atoms with Crippen LogP contribution in [-0.2, 0) is 11.0 Å². The first-order valence-electron chi connectivity index (χ1n) is 17.2. The van der Waals surface area contributed by atoms with Crippen LogP contribution >= 0.6 is 11.8 Å². The van der Waals surface area contributed by atoms with E-state index in [0.717, 1.165) is 62.6 Å². The lowest BCUT2D eigenvalue weighted by atomic mass is 9.52. The number of nitrogen functional groups attached to an aromatic ring is 1. The third kappa shape index (κ3) is 4.80. The SMILES string of the molecule is COc1ccc(C2(c3ccc(OC)cc3)C=Cc3c4c(c5cc(N)c(SC)cc5c3O2)-c2ccccc2C42CC(C)(C)CC(C)(C)C2)cc1. The van der Waals surface area contributed by atoms with Crippen molar-refractivity contribution < 1.29 is 14.2 Å². The third-order valence-corrected chi connectivity index (χ3v) is 11.9. The van der Waals surface area contributed by atoms with E-state index in [-0.39, 0.29) is 16.2 Å². The van der Waals surface area contributed by atoms with E-state index >= 15 is 0 Å². The summed E-state index contributed by atoms with van der Waals surface area (Å²) in [6.45, 7) is 9.82. The van der Waals surface area contributed by atoms with Gasteiger partial charge in [-0.2, -0.15) is 0 Å². The van der Waals surface area contributed by atoms with Gasteiger partial charge in [0.25, 0.3) is 0 Å². The molecule has 0 aromatic heterocycles. The van der Waals surface area contributed by atoms with Gasteiger partial charge in [-0.1, -0.05) is 82.3 Å². The first-order chi connectivity index (χ1) is 23.4. The Balaban J connectivity index is 1.48. The number of anilines is 1. The Morgan fingerprint density at radius 2 is 1.33 bits per heavy atom. The van der Waals surface area contributed by atoms with Crippen molar-refractivity contribution in [2.45, 2.75) is 62.9 Å². The number of fused-ring (bicyclic) bond motifs is 10. The van der Waals surface area contributed by atoms with Crippen LogP contribution in [0.3, 0.4) is 0 Å². The molecular weight excluding hydrogens is 623 g/mol. The van der Waals surface area contributed by atoms with Crippen LogP contribution < -0.4 is 19.9 Å². The number of benzene rings is 5. The largest absolute Gasteiger partial charge is 0.497 e. The number of ether oxygens (including phenoxy) is 3. The van der Waals surface area contributed by atoms with E-state index in [9.17, 15) is 0 Å². The Hall–Kier alpha value is -4.35. The second-order valence-electron chi connectivity index (χ2n) is 15.7. The summed E-state index contributed by atoms with van der Waals surface area (Å²) in [6, 6.07) is 30.1. The summed E-state index contributed by atoms with van der Waals surface area (Å²) in [5, 5.41) is 2.24. The van der Waals surface area contributed by atoms with E-state index in [2.05, 4.69) is 107 Å². The van der Waals surface area contributed by atoms with Gasteiger partial charge in [0, 0.05) is 38.1 Å². The van der Waals surface area contributed by atoms with Crippen LogP contribution in [0.4, 0.5) is 5.69 Å². The number of thioether (sulfide) groups is 1. The Labute approximate surface area is 294 Å². The highest BCUT2D eigenvalue weighted by atomic mass is 32.2. The van der Waals surface area contributed by atoms with Gasteiger partial charge in [-0.05, 0) is 106 Å². The van der Waals surface area contributed by atoms with Gasteiger partial charge >= 0.3 is 0 Å². The molecular formula is C44H45NO3S. The molecule has 0 atom stereocenters. The van der Waals surface area contributed by atoms with E-state index in [1.165, 1.54) is 34.2 Å². The van der Waals surface area contributed by atoms with Crippen LogP contribution in [0.1, 0.15) is 74.8 Å². The predicted octanol–water partition coefficient (Wildman–Crippen LogP) is 11.0.